The molecule has 0 amide bonds. The average molecular weight is 343 g/mol. The number of rotatable bonds is 4. The molecule has 0 aliphatic carbocycles. The summed E-state index contributed by atoms with van der Waals surface area (Å²) in [7, 11) is 0. The van der Waals surface area contributed by atoms with E-state index in [2.05, 4.69) is 31.3 Å². The zero-order valence-electron chi connectivity index (χ0n) is 10.2. The third-order valence-electron chi connectivity index (χ3n) is 2.38. The van der Waals surface area contributed by atoms with E-state index in [9.17, 15) is 4.39 Å². The van der Waals surface area contributed by atoms with E-state index < -0.39 is 5.82 Å². The number of hydrazine groups is 1. The fourth-order valence-corrected chi connectivity index (χ4v) is 2.47. The fraction of sp³-hybridized carbons (Fsp3) is 0.167. The third-order valence-corrected chi connectivity index (χ3v) is 3.92. The first-order chi connectivity index (χ1) is 9.10. The Hall–Kier alpha value is -1.18. The largest absolute Gasteiger partial charge is 0.306 e. The van der Waals surface area contributed by atoms with Crippen LogP contribution in [0.2, 0.25) is 0 Å². The van der Waals surface area contributed by atoms with Crippen LogP contribution in [0.1, 0.15) is 11.5 Å². The van der Waals surface area contributed by atoms with E-state index in [1.54, 1.807) is 18.7 Å². The Morgan fingerprint density at radius 2 is 2.00 bits per heavy atom. The highest BCUT2D eigenvalue weighted by molar-refractivity contribution is 9.10. The number of thioether (sulfide) groups is 1. The van der Waals surface area contributed by atoms with E-state index in [0.717, 1.165) is 9.37 Å². The van der Waals surface area contributed by atoms with Gasteiger partial charge in [0.05, 0.1) is 11.4 Å². The van der Waals surface area contributed by atoms with Crippen LogP contribution >= 0.6 is 27.7 Å². The summed E-state index contributed by atoms with van der Waals surface area (Å²) in [5.41, 5.74) is 2.53. The molecule has 0 aliphatic rings. The number of anilines is 1. The Bertz CT molecular complexity index is 577. The maximum atomic E-state index is 13.5. The van der Waals surface area contributed by atoms with Crippen molar-refractivity contribution in [2.24, 2.45) is 5.84 Å². The van der Waals surface area contributed by atoms with Crippen molar-refractivity contribution in [2.75, 3.05) is 5.43 Å². The molecular formula is C12H12BrFN4S. The number of nitrogens with zero attached hydrogens (tertiary/aromatic N) is 2. The van der Waals surface area contributed by atoms with E-state index in [0.29, 0.717) is 11.6 Å². The van der Waals surface area contributed by atoms with Crippen LogP contribution in [0.3, 0.4) is 0 Å². The lowest BCUT2D eigenvalue weighted by Gasteiger charge is -2.07. The van der Waals surface area contributed by atoms with Crippen LogP contribution in [0.5, 0.6) is 0 Å². The van der Waals surface area contributed by atoms with Gasteiger partial charge in [0.15, 0.2) is 11.6 Å². The Kier molecular flexibility index (Phi) is 4.73. The summed E-state index contributed by atoms with van der Waals surface area (Å²) in [6, 6.07) is 7.92. The lowest BCUT2D eigenvalue weighted by atomic mass is 10.4. The molecule has 4 nitrogen and oxygen atoms in total. The van der Waals surface area contributed by atoms with Gasteiger partial charge in [0.2, 0.25) is 0 Å². The number of nitrogens with one attached hydrogen (secondary N) is 1. The second-order valence-corrected chi connectivity index (χ2v) is 5.74. The summed E-state index contributed by atoms with van der Waals surface area (Å²) in [6.07, 6.45) is 0. The van der Waals surface area contributed by atoms with Gasteiger partial charge < -0.3 is 5.43 Å². The van der Waals surface area contributed by atoms with Gasteiger partial charge >= 0.3 is 0 Å². The summed E-state index contributed by atoms with van der Waals surface area (Å²) < 4.78 is 14.5. The van der Waals surface area contributed by atoms with Crippen molar-refractivity contribution in [1.29, 1.82) is 0 Å². The number of hydrogen-bond donors (Lipinski definition) is 2. The Balaban J connectivity index is 2.11. The van der Waals surface area contributed by atoms with Gasteiger partial charge in [-0.25, -0.2) is 20.2 Å². The molecule has 100 valence electrons. The van der Waals surface area contributed by atoms with Gasteiger partial charge in [0, 0.05) is 9.37 Å². The standard InChI is InChI=1S/C12H12BrFN4S/c1-7-11(14)12(18-15)17-10(16-7)6-19-9-4-2-8(13)3-5-9/h2-5H,6,15H2,1H3,(H,16,17,18). The summed E-state index contributed by atoms with van der Waals surface area (Å²) in [5.74, 6) is 5.83. The maximum Gasteiger partial charge on any atom is 0.187 e. The zero-order valence-corrected chi connectivity index (χ0v) is 12.6. The molecule has 19 heavy (non-hydrogen) atoms. The van der Waals surface area contributed by atoms with Crippen molar-refractivity contribution in [1.82, 2.24) is 9.97 Å². The molecule has 0 saturated heterocycles. The van der Waals surface area contributed by atoms with Crippen molar-refractivity contribution in [2.45, 2.75) is 17.6 Å². The Morgan fingerprint density at radius 3 is 2.63 bits per heavy atom. The van der Waals surface area contributed by atoms with E-state index in [-0.39, 0.29) is 11.5 Å². The van der Waals surface area contributed by atoms with E-state index in [4.69, 9.17) is 5.84 Å². The van der Waals surface area contributed by atoms with Crippen LogP contribution in [0, 0.1) is 12.7 Å². The van der Waals surface area contributed by atoms with Crippen molar-refractivity contribution in [3.8, 4) is 0 Å². The Labute approximate surface area is 123 Å². The van der Waals surface area contributed by atoms with Crippen LogP contribution in [0.25, 0.3) is 0 Å². The number of nitrogen functional groups attached to an aromatic ring is 1. The molecule has 0 spiro atoms. The molecule has 1 aromatic heterocycles. The molecule has 0 bridgehead atoms. The normalized spacial score (nSPS) is 10.5. The minimum atomic E-state index is -0.514. The summed E-state index contributed by atoms with van der Waals surface area (Å²) in [4.78, 5) is 9.23. The SMILES string of the molecule is Cc1nc(CSc2ccc(Br)cc2)nc(NN)c1F. The topological polar surface area (TPSA) is 63.8 Å². The van der Waals surface area contributed by atoms with Gasteiger partial charge in [-0.3, -0.25) is 0 Å². The predicted molar refractivity (Wildman–Crippen MR) is 78.2 cm³/mol. The third kappa shape index (κ3) is 3.65. The first-order valence-electron chi connectivity index (χ1n) is 5.48. The molecule has 0 aliphatic heterocycles. The zero-order chi connectivity index (χ0) is 13.8. The lowest BCUT2D eigenvalue weighted by Crippen LogP contribution is -2.13. The number of aryl methyl sites for hydroxylation is 1. The lowest BCUT2D eigenvalue weighted by molar-refractivity contribution is 0.602. The summed E-state index contributed by atoms with van der Waals surface area (Å²) >= 11 is 4.96. The fourth-order valence-electron chi connectivity index (χ4n) is 1.46. The molecule has 2 rings (SSSR count). The molecule has 0 fully saturated rings. The number of nitrogens with two attached hydrogens (primary N) is 1. The van der Waals surface area contributed by atoms with Gasteiger partial charge in [0.25, 0.3) is 0 Å². The first-order valence-corrected chi connectivity index (χ1v) is 7.26. The highest BCUT2D eigenvalue weighted by Crippen LogP contribution is 2.24. The molecule has 0 unspecified atom stereocenters. The average Bonchev–Trinajstić information content (AvgIpc) is 2.41. The Morgan fingerprint density at radius 1 is 1.32 bits per heavy atom. The van der Waals surface area contributed by atoms with E-state index in [1.165, 1.54) is 0 Å². The van der Waals surface area contributed by atoms with Gasteiger partial charge in [-0.1, -0.05) is 15.9 Å². The van der Waals surface area contributed by atoms with Crippen LogP contribution < -0.4 is 11.3 Å². The first kappa shape index (κ1) is 14.2. The number of halogens is 2. The van der Waals surface area contributed by atoms with Crippen molar-refractivity contribution < 1.29 is 4.39 Å². The number of hydrogen-bond acceptors (Lipinski definition) is 5. The number of aromatic nitrogens is 2. The smallest absolute Gasteiger partial charge is 0.187 e. The van der Waals surface area contributed by atoms with Crippen molar-refractivity contribution in [3.05, 3.63) is 46.1 Å². The van der Waals surface area contributed by atoms with Gasteiger partial charge in [-0.2, -0.15) is 0 Å². The second-order valence-electron chi connectivity index (χ2n) is 3.77. The van der Waals surface area contributed by atoms with E-state index in [1.807, 2.05) is 24.3 Å². The highest BCUT2D eigenvalue weighted by atomic mass is 79.9. The van der Waals surface area contributed by atoms with Crippen molar-refractivity contribution >= 4 is 33.5 Å². The maximum absolute atomic E-state index is 13.5. The molecular weight excluding hydrogens is 331 g/mol. The van der Waals surface area contributed by atoms with Gasteiger partial charge in [0.1, 0.15) is 5.82 Å². The molecule has 0 saturated carbocycles. The minimum Gasteiger partial charge on any atom is -0.306 e. The molecule has 3 N–H and O–H groups in total. The second kappa shape index (κ2) is 6.31. The van der Waals surface area contributed by atoms with E-state index >= 15 is 0 Å². The quantitative estimate of drug-likeness (QED) is 0.507. The molecule has 2 aromatic rings. The van der Waals surface area contributed by atoms with Crippen LogP contribution in [0.4, 0.5) is 10.2 Å². The molecule has 1 heterocycles. The van der Waals surface area contributed by atoms with Gasteiger partial charge in [-0.15, -0.1) is 11.8 Å². The number of benzene rings is 1. The van der Waals surface area contributed by atoms with Crippen LogP contribution in [0.15, 0.2) is 33.6 Å². The predicted octanol–water partition coefficient (Wildman–Crippen LogP) is 3.26. The van der Waals surface area contributed by atoms with Crippen LogP contribution in [-0.4, -0.2) is 9.97 Å². The minimum absolute atomic E-state index is 0.0268. The monoisotopic (exact) mass is 342 g/mol. The molecule has 1 aromatic carbocycles. The molecule has 0 radical (unpaired) electrons. The summed E-state index contributed by atoms with van der Waals surface area (Å²) in [5, 5.41) is 0. The summed E-state index contributed by atoms with van der Waals surface area (Å²) in [6.45, 7) is 1.59. The van der Waals surface area contributed by atoms with Crippen LogP contribution in [-0.2, 0) is 5.75 Å². The van der Waals surface area contributed by atoms with Gasteiger partial charge in [-0.05, 0) is 31.2 Å². The highest BCUT2D eigenvalue weighted by Gasteiger charge is 2.10. The van der Waals surface area contributed by atoms with Crippen molar-refractivity contribution in [3.63, 3.8) is 0 Å². The molecule has 7 heteroatoms. The molecule has 0 atom stereocenters.